The molecule has 0 amide bonds. The molecule has 0 atom stereocenters. The van der Waals surface area contributed by atoms with Crippen molar-refractivity contribution in [3.63, 3.8) is 0 Å². The molecule has 0 saturated heterocycles. The fraction of sp³-hybridized carbons (Fsp3) is 0.0526. The van der Waals surface area contributed by atoms with Gasteiger partial charge in [-0.25, -0.2) is 22.0 Å². The molecule has 0 unspecified atom stereocenters. The van der Waals surface area contributed by atoms with Crippen molar-refractivity contribution in [3.8, 4) is 11.5 Å². The van der Waals surface area contributed by atoms with E-state index < -0.39 is 20.0 Å². The van der Waals surface area contributed by atoms with E-state index in [0.717, 1.165) is 11.6 Å². The first-order chi connectivity index (χ1) is 13.5. The fourth-order valence-corrected chi connectivity index (χ4v) is 4.41. The molecular weight excluding hydrogens is 436 g/mol. The number of ether oxygens (including phenoxy) is 1. The lowest BCUT2D eigenvalue weighted by Gasteiger charge is -2.14. The quantitative estimate of drug-likeness (QED) is 0.588. The average Bonchev–Trinajstić information content (AvgIpc) is 2.63. The molecule has 152 valence electrons. The van der Waals surface area contributed by atoms with Gasteiger partial charge in [0.15, 0.2) is 5.75 Å². The van der Waals surface area contributed by atoms with Crippen molar-refractivity contribution in [2.45, 2.75) is 16.7 Å². The van der Waals surface area contributed by atoms with Crippen LogP contribution >= 0.6 is 11.6 Å². The number of hydrogen-bond donors (Lipinski definition) is 2. The number of rotatable bonds is 6. The van der Waals surface area contributed by atoms with Crippen LogP contribution in [0.25, 0.3) is 0 Å². The monoisotopic (exact) mass is 452 g/mol. The number of hydrogen-bond acceptors (Lipinski definition) is 5. The van der Waals surface area contributed by atoms with E-state index in [1.165, 1.54) is 30.3 Å². The van der Waals surface area contributed by atoms with Crippen LogP contribution in [0.5, 0.6) is 11.5 Å². The Morgan fingerprint density at radius 3 is 2.28 bits per heavy atom. The van der Waals surface area contributed by atoms with Crippen LogP contribution in [0.15, 0.2) is 76.5 Å². The van der Waals surface area contributed by atoms with Gasteiger partial charge in [-0.3, -0.25) is 4.72 Å². The van der Waals surface area contributed by atoms with Crippen molar-refractivity contribution in [1.82, 2.24) is 0 Å². The normalized spacial score (nSPS) is 11.8. The maximum atomic E-state index is 12.8. The number of benzene rings is 3. The van der Waals surface area contributed by atoms with E-state index in [-0.39, 0.29) is 26.3 Å². The first kappa shape index (κ1) is 21.1. The van der Waals surface area contributed by atoms with E-state index in [1.807, 2.05) is 19.1 Å². The van der Waals surface area contributed by atoms with Crippen molar-refractivity contribution >= 4 is 37.3 Å². The molecule has 0 aromatic heterocycles. The summed E-state index contributed by atoms with van der Waals surface area (Å²) in [5.41, 5.74) is 1.07. The summed E-state index contributed by atoms with van der Waals surface area (Å²) in [6.45, 7) is 1.90. The number of sulfonamides is 2. The highest BCUT2D eigenvalue weighted by molar-refractivity contribution is 7.93. The standard InChI is InChI=1S/C19H17ClN2O5S2/c1-13-4-2-5-15(10-13)27-19-9-8-14(20)11-18(19)22-29(25,26)17-7-3-6-16(12-17)28(21,23)24/h2-12,22H,1H3,(H2,21,23,24). The Hall–Kier alpha value is -2.59. The molecule has 3 aromatic carbocycles. The molecule has 7 nitrogen and oxygen atoms in total. The smallest absolute Gasteiger partial charge is 0.262 e. The van der Waals surface area contributed by atoms with Crippen LogP contribution in [-0.4, -0.2) is 16.8 Å². The molecule has 3 rings (SSSR count). The van der Waals surface area contributed by atoms with E-state index >= 15 is 0 Å². The Morgan fingerprint density at radius 2 is 1.59 bits per heavy atom. The molecule has 29 heavy (non-hydrogen) atoms. The second-order valence-electron chi connectivity index (χ2n) is 6.18. The van der Waals surface area contributed by atoms with Gasteiger partial charge in [-0.1, -0.05) is 29.8 Å². The molecule has 0 spiro atoms. The third-order valence-corrected chi connectivity index (χ3v) is 6.36. The minimum Gasteiger partial charge on any atom is -0.455 e. The molecule has 0 saturated carbocycles. The Labute approximate surface area is 174 Å². The summed E-state index contributed by atoms with van der Waals surface area (Å²) in [5, 5.41) is 5.37. The lowest BCUT2D eigenvalue weighted by molar-refractivity contribution is 0.484. The lowest BCUT2D eigenvalue weighted by atomic mass is 10.2. The van der Waals surface area contributed by atoms with Gasteiger partial charge < -0.3 is 4.74 Å². The van der Waals surface area contributed by atoms with Gasteiger partial charge in [0.25, 0.3) is 10.0 Å². The molecule has 10 heteroatoms. The molecule has 0 heterocycles. The number of aryl methyl sites for hydroxylation is 1. The predicted molar refractivity (Wildman–Crippen MR) is 111 cm³/mol. The summed E-state index contributed by atoms with van der Waals surface area (Å²) >= 11 is 6.02. The summed E-state index contributed by atoms with van der Waals surface area (Å²) in [5.74, 6) is 0.746. The van der Waals surface area contributed by atoms with E-state index in [0.29, 0.717) is 5.75 Å². The number of nitrogens with one attached hydrogen (secondary N) is 1. The number of primary sulfonamides is 1. The SMILES string of the molecule is Cc1cccc(Oc2ccc(Cl)cc2NS(=O)(=O)c2cccc(S(N)(=O)=O)c2)c1. The van der Waals surface area contributed by atoms with Gasteiger partial charge in [-0.05, 0) is 61.0 Å². The van der Waals surface area contributed by atoms with Gasteiger partial charge in [0.2, 0.25) is 10.0 Å². The minimum absolute atomic E-state index is 0.0972. The third-order valence-electron chi connectivity index (χ3n) is 3.85. The zero-order chi connectivity index (χ0) is 21.2. The zero-order valence-electron chi connectivity index (χ0n) is 15.2. The third kappa shape index (κ3) is 5.27. The molecule has 0 bridgehead atoms. The van der Waals surface area contributed by atoms with Crippen molar-refractivity contribution in [2.75, 3.05) is 4.72 Å². The first-order valence-corrected chi connectivity index (χ1v) is 11.7. The van der Waals surface area contributed by atoms with Crippen LogP contribution in [0.4, 0.5) is 5.69 Å². The summed E-state index contributed by atoms with van der Waals surface area (Å²) in [4.78, 5) is -0.590. The van der Waals surface area contributed by atoms with Crippen LogP contribution in [0.3, 0.4) is 0 Å². The predicted octanol–water partition coefficient (Wildman–Crippen LogP) is 3.89. The molecule has 0 aliphatic rings. The molecular formula is C19H17ClN2O5S2. The number of nitrogens with two attached hydrogens (primary N) is 1. The van der Waals surface area contributed by atoms with Crippen LogP contribution in [0, 0.1) is 6.92 Å². The van der Waals surface area contributed by atoms with E-state index in [4.69, 9.17) is 21.5 Å². The van der Waals surface area contributed by atoms with Gasteiger partial charge in [-0.2, -0.15) is 0 Å². The molecule has 0 aliphatic carbocycles. The molecule has 3 aromatic rings. The van der Waals surface area contributed by atoms with Crippen LogP contribution in [-0.2, 0) is 20.0 Å². The van der Waals surface area contributed by atoms with E-state index in [9.17, 15) is 16.8 Å². The number of halogens is 1. The average molecular weight is 453 g/mol. The highest BCUT2D eigenvalue weighted by Crippen LogP contribution is 2.34. The fourth-order valence-electron chi connectivity index (χ4n) is 2.50. The summed E-state index contributed by atoms with van der Waals surface area (Å²) < 4.78 is 56.8. The maximum Gasteiger partial charge on any atom is 0.262 e. The van der Waals surface area contributed by atoms with E-state index in [1.54, 1.807) is 18.2 Å². The van der Waals surface area contributed by atoms with Gasteiger partial charge in [0.05, 0.1) is 15.5 Å². The summed E-state index contributed by atoms with van der Waals surface area (Å²) in [6, 6.07) is 16.4. The molecule has 0 fully saturated rings. The topological polar surface area (TPSA) is 116 Å². The van der Waals surface area contributed by atoms with Crippen molar-refractivity contribution < 1.29 is 21.6 Å². The molecule has 0 radical (unpaired) electrons. The summed E-state index contributed by atoms with van der Waals surface area (Å²) in [7, 11) is -8.20. The highest BCUT2D eigenvalue weighted by Gasteiger charge is 2.20. The Balaban J connectivity index is 1.98. The van der Waals surface area contributed by atoms with Gasteiger partial charge in [0, 0.05) is 5.02 Å². The lowest BCUT2D eigenvalue weighted by Crippen LogP contribution is -2.16. The second-order valence-corrected chi connectivity index (χ2v) is 9.86. The summed E-state index contributed by atoms with van der Waals surface area (Å²) in [6.07, 6.45) is 0. The number of anilines is 1. The Kier molecular flexibility index (Phi) is 5.85. The molecule has 3 N–H and O–H groups in total. The van der Waals surface area contributed by atoms with Crippen molar-refractivity contribution in [1.29, 1.82) is 0 Å². The van der Waals surface area contributed by atoms with E-state index in [2.05, 4.69) is 4.72 Å². The molecule has 0 aliphatic heterocycles. The van der Waals surface area contributed by atoms with Gasteiger partial charge in [0.1, 0.15) is 5.75 Å². The van der Waals surface area contributed by atoms with Crippen LogP contribution in [0.2, 0.25) is 5.02 Å². The maximum absolute atomic E-state index is 12.8. The Bertz CT molecular complexity index is 1280. The van der Waals surface area contributed by atoms with Crippen LogP contribution in [0.1, 0.15) is 5.56 Å². The second kappa shape index (κ2) is 8.03. The zero-order valence-corrected chi connectivity index (χ0v) is 17.6. The Morgan fingerprint density at radius 1 is 0.897 bits per heavy atom. The van der Waals surface area contributed by atoms with Crippen molar-refractivity contribution in [3.05, 3.63) is 77.3 Å². The van der Waals surface area contributed by atoms with Crippen LogP contribution < -0.4 is 14.6 Å². The largest absolute Gasteiger partial charge is 0.455 e. The van der Waals surface area contributed by atoms with Crippen molar-refractivity contribution in [2.24, 2.45) is 5.14 Å². The highest BCUT2D eigenvalue weighted by atomic mass is 35.5. The first-order valence-electron chi connectivity index (χ1n) is 8.24. The minimum atomic E-state index is -4.14. The van der Waals surface area contributed by atoms with Gasteiger partial charge >= 0.3 is 0 Å². The van der Waals surface area contributed by atoms with Gasteiger partial charge in [-0.15, -0.1) is 0 Å².